The van der Waals surface area contributed by atoms with Crippen LogP contribution in [0.4, 0.5) is 0 Å². The Morgan fingerprint density at radius 1 is 1.50 bits per heavy atom. The molecule has 0 heterocycles. The van der Waals surface area contributed by atoms with E-state index in [-0.39, 0.29) is 16.2 Å². The van der Waals surface area contributed by atoms with Gasteiger partial charge in [0.05, 0.1) is 16.2 Å². The molecule has 0 aliphatic carbocycles. The minimum Gasteiger partial charge on any atom is -0.478 e. The van der Waals surface area contributed by atoms with Crippen molar-refractivity contribution in [1.82, 2.24) is 0 Å². The van der Waals surface area contributed by atoms with E-state index in [9.17, 15) is 13.2 Å². The van der Waals surface area contributed by atoms with Crippen LogP contribution in [-0.2, 0) is 9.84 Å². The number of hydrogen-bond donors (Lipinski definition) is 1. The first kappa shape index (κ1) is 15.2. The van der Waals surface area contributed by atoms with E-state index in [4.69, 9.17) is 16.7 Å². The van der Waals surface area contributed by atoms with Crippen molar-refractivity contribution in [3.8, 4) is 0 Å². The average molecular weight is 354 g/mol. The Hall–Kier alpha value is -0.850. The van der Waals surface area contributed by atoms with Crippen molar-refractivity contribution in [1.29, 1.82) is 0 Å². The smallest absolute Gasteiger partial charge is 0.335 e. The SMILES string of the molecule is Cc1c(Br)cc(C(=O)O)cc1S(=O)(=O)C/C=C/Cl. The molecule has 1 rings (SSSR count). The molecule has 0 saturated heterocycles. The molecule has 18 heavy (non-hydrogen) atoms. The third kappa shape index (κ3) is 3.34. The third-order valence-corrected chi connectivity index (χ3v) is 5.01. The zero-order valence-corrected chi connectivity index (χ0v) is 12.5. The first-order chi connectivity index (χ1) is 8.29. The lowest BCUT2D eigenvalue weighted by Gasteiger charge is -2.09. The molecule has 0 spiro atoms. The Labute approximate surface area is 118 Å². The summed E-state index contributed by atoms with van der Waals surface area (Å²) in [7, 11) is -3.60. The largest absolute Gasteiger partial charge is 0.478 e. The van der Waals surface area contributed by atoms with Crippen LogP contribution in [0.3, 0.4) is 0 Å². The molecule has 98 valence electrons. The third-order valence-electron chi connectivity index (χ3n) is 2.28. The molecule has 7 heteroatoms. The summed E-state index contributed by atoms with van der Waals surface area (Å²) in [6.07, 6.45) is 1.29. The Morgan fingerprint density at radius 3 is 2.61 bits per heavy atom. The molecule has 0 bridgehead atoms. The van der Waals surface area contributed by atoms with E-state index >= 15 is 0 Å². The number of halogens is 2. The average Bonchev–Trinajstić information content (AvgIpc) is 2.29. The molecule has 0 amide bonds. The molecule has 1 aromatic carbocycles. The predicted octanol–water partition coefficient (Wildman–Crippen LogP) is 2.98. The topological polar surface area (TPSA) is 71.4 Å². The van der Waals surface area contributed by atoms with Crippen molar-refractivity contribution in [2.45, 2.75) is 11.8 Å². The lowest BCUT2D eigenvalue weighted by Crippen LogP contribution is -2.09. The Kier molecular flexibility index (Phi) is 4.95. The monoisotopic (exact) mass is 352 g/mol. The van der Waals surface area contributed by atoms with E-state index < -0.39 is 15.8 Å². The number of carboxylic acid groups (broad SMARTS) is 1. The lowest BCUT2D eigenvalue weighted by molar-refractivity contribution is 0.0696. The summed E-state index contributed by atoms with van der Waals surface area (Å²) in [5, 5.41) is 8.92. The molecule has 0 radical (unpaired) electrons. The van der Waals surface area contributed by atoms with Crippen molar-refractivity contribution in [3.63, 3.8) is 0 Å². The molecule has 4 nitrogen and oxygen atoms in total. The van der Waals surface area contributed by atoms with Crippen LogP contribution in [-0.4, -0.2) is 25.2 Å². The van der Waals surface area contributed by atoms with Gasteiger partial charge >= 0.3 is 5.97 Å². The van der Waals surface area contributed by atoms with Crippen LogP contribution in [0.1, 0.15) is 15.9 Å². The highest BCUT2D eigenvalue weighted by molar-refractivity contribution is 9.10. The molecular weight excluding hydrogens is 344 g/mol. The van der Waals surface area contributed by atoms with Gasteiger partial charge < -0.3 is 5.11 Å². The number of rotatable bonds is 4. The van der Waals surface area contributed by atoms with E-state index in [1.54, 1.807) is 6.92 Å². The maximum absolute atomic E-state index is 12.0. The van der Waals surface area contributed by atoms with Crippen LogP contribution >= 0.6 is 27.5 Å². The van der Waals surface area contributed by atoms with Crippen LogP contribution in [0.15, 0.2) is 33.1 Å². The summed E-state index contributed by atoms with van der Waals surface area (Å²) in [4.78, 5) is 10.9. The minimum atomic E-state index is -3.60. The van der Waals surface area contributed by atoms with Gasteiger partial charge in [-0.2, -0.15) is 0 Å². The van der Waals surface area contributed by atoms with Gasteiger partial charge in [-0.1, -0.05) is 33.6 Å². The molecule has 0 fully saturated rings. The quantitative estimate of drug-likeness (QED) is 0.903. The molecule has 1 N–H and O–H groups in total. The highest BCUT2D eigenvalue weighted by atomic mass is 79.9. The van der Waals surface area contributed by atoms with Gasteiger partial charge in [-0.15, -0.1) is 0 Å². The molecule has 0 atom stereocenters. The summed E-state index contributed by atoms with van der Waals surface area (Å²) in [5.74, 6) is -1.45. The maximum atomic E-state index is 12.0. The first-order valence-corrected chi connectivity index (χ1v) is 7.69. The fraction of sp³-hybridized carbons (Fsp3) is 0.182. The fourth-order valence-electron chi connectivity index (χ4n) is 1.35. The second kappa shape index (κ2) is 5.86. The minimum absolute atomic E-state index is 0.0101. The zero-order chi connectivity index (χ0) is 13.9. The molecule has 1 aromatic rings. The van der Waals surface area contributed by atoms with E-state index in [0.29, 0.717) is 10.0 Å². The molecule has 0 aliphatic heterocycles. The normalized spacial score (nSPS) is 11.9. The molecule has 0 unspecified atom stereocenters. The van der Waals surface area contributed by atoms with Gasteiger partial charge in [-0.25, -0.2) is 13.2 Å². The van der Waals surface area contributed by atoms with Crippen LogP contribution in [0, 0.1) is 6.92 Å². The van der Waals surface area contributed by atoms with Crippen LogP contribution < -0.4 is 0 Å². The second-order valence-corrected chi connectivity index (χ2v) is 6.64. The van der Waals surface area contributed by atoms with Gasteiger partial charge in [-0.3, -0.25) is 0 Å². The Morgan fingerprint density at radius 2 is 2.11 bits per heavy atom. The van der Waals surface area contributed by atoms with E-state index in [1.165, 1.54) is 12.1 Å². The first-order valence-electron chi connectivity index (χ1n) is 4.81. The highest BCUT2D eigenvalue weighted by Crippen LogP contribution is 2.26. The van der Waals surface area contributed by atoms with E-state index in [0.717, 1.165) is 11.6 Å². The standard InChI is InChI=1S/C11H10BrClO4S/c1-7-9(12)5-8(11(14)15)6-10(7)18(16,17)4-2-3-13/h2-3,5-6H,4H2,1H3,(H,14,15)/b3-2+. The molecule has 0 aromatic heterocycles. The van der Waals surface area contributed by atoms with Gasteiger partial charge in [-0.05, 0) is 24.6 Å². The van der Waals surface area contributed by atoms with E-state index in [2.05, 4.69) is 15.9 Å². The highest BCUT2D eigenvalue weighted by Gasteiger charge is 2.20. The van der Waals surface area contributed by atoms with Gasteiger partial charge in [0, 0.05) is 10.0 Å². The van der Waals surface area contributed by atoms with Crippen LogP contribution in [0.5, 0.6) is 0 Å². The fourth-order valence-corrected chi connectivity index (χ4v) is 3.55. The van der Waals surface area contributed by atoms with Crippen LogP contribution in [0.25, 0.3) is 0 Å². The predicted molar refractivity (Wildman–Crippen MR) is 72.9 cm³/mol. The number of hydrogen-bond acceptors (Lipinski definition) is 3. The molecular formula is C11H10BrClO4S. The van der Waals surface area contributed by atoms with Crippen molar-refractivity contribution < 1.29 is 18.3 Å². The Balaban J connectivity index is 3.44. The lowest BCUT2D eigenvalue weighted by atomic mass is 10.1. The van der Waals surface area contributed by atoms with Gasteiger partial charge in [0.1, 0.15) is 0 Å². The summed E-state index contributed by atoms with van der Waals surface area (Å²) < 4.78 is 24.5. The summed E-state index contributed by atoms with van der Waals surface area (Å²) in [6, 6.07) is 2.52. The number of benzene rings is 1. The number of sulfone groups is 1. The van der Waals surface area contributed by atoms with Crippen LogP contribution in [0.2, 0.25) is 0 Å². The number of aromatic carboxylic acids is 1. The molecule has 0 saturated carbocycles. The van der Waals surface area contributed by atoms with Gasteiger partial charge in [0.15, 0.2) is 9.84 Å². The second-order valence-electron chi connectivity index (χ2n) is 3.53. The summed E-state index contributed by atoms with van der Waals surface area (Å²) in [6.45, 7) is 1.60. The maximum Gasteiger partial charge on any atom is 0.335 e. The van der Waals surface area contributed by atoms with Crippen molar-refractivity contribution in [3.05, 3.63) is 39.3 Å². The van der Waals surface area contributed by atoms with Crippen molar-refractivity contribution in [2.75, 3.05) is 5.75 Å². The van der Waals surface area contributed by atoms with Gasteiger partial charge in [0.2, 0.25) is 0 Å². The van der Waals surface area contributed by atoms with Crippen molar-refractivity contribution in [2.24, 2.45) is 0 Å². The van der Waals surface area contributed by atoms with E-state index in [1.807, 2.05) is 0 Å². The van der Waals surface area contributed by atoms with Gasteiger partial charge in [0.25, 0.3) is 0 Å². The summed E-state index contributed by atoms with van der Waals surface area (Å²) in [5.41, 5.74) is 1.51. The molecule has 0 aliphatic rings. The zero-order valence-electron chi connectivity index (χ0n) is 9.35. The van der Waals surface area contributed by atoms with Crippen molar-refractivity contribution >= 4 is 43.3 Å². The summed E-state index contributed by atoms with van der Waals surface area (Å²) >= 11 is 8.45. The number of carboxylic acids is 1. The number of carbonyl (C=O) groups is 1. The Bertz CT molecular complexity index is 608.